The Hall–Kier alpha value is -3.73. The second-order valence-corrected chi connectivity index (χ2v) is 9.37. The first-order chi connectivity index (χ1) is 17.3. The van der Waals surface area contributed by atoms with Crippen LogP contribution in [0, 0.1) is 0 Å². The van der Waals surface area contributed by atoms with Crippen molar-refractivity contribution in [2.75, 3.05) is 13.2 Å². The lowest BCUT2D eigenvalue weighted by Crippen LogP contribution is -2.14. The lowest BCUT2D eigenvalue weighted by molar-refractivity contribution is 0.304. The summed E-state index contributed by atoms with van der Waals surface area (Å²) in [6.07, 6.45) is 8.16. The van der Waals surface area contributed by atoms with Crippen molar-refractivity contribution in [3.63, 3.8) is 0 Å². The van der Waals surface area contributed by atoms with Gasteiger partial charge >= 0.3 is 0 Å². The van der Waals surface area contributed by atoms with Crippen molar-refractivity contribution in [3.8, 4) is 17.2 Å². The number of allylic oxidation sites excluding steroid dienone is 4. The highest BCUT2D eigenvalue weighted by atomic mass is 16.5. The van der Waals surface area contributed by atoms with Crippen LogP contribution in [-0.2, 0) is 6.61 Å². The van der Waals surface area contributed by atoms with E-state index in [9.17, 15) is 4.79 Å². The van der Waals surface area contributed by atoms with Crippen molar-refractivity contribution in [1.29, 1.82) is 0 Å². The molecule has 36 heavy (non-hydrogen) atoms. The van der Waals surface area contributed by atoms with Gasteiger partial charge in [0.15, 0.2) is 5.75 Å². The molecule has 0 unspecified atom stereocenters. The summed E-state index contributed by atoms with van der Waals surface area (Å²) in [5.41, 5.74) is 5.05. The van der Waals surface area contributed by atoms with E-state index in [2.05, 4.69) is 31.8 Å². The number of rotatable bonds is 12. The molecule has 1 N–H and O–H groups in total. The van der Waals surface area contributed by atoms with Crippen molar-refractivity contribution in [1.82, 2.24) is 4.98 Å². The maximum Gasteiger partial charge on any atom is 0.294 e. The van der Waals surface area contributed by atoms with Gasteiger partial charge in [-0.05, 0) is 77.3 Å². The van der Waals surface area contributed by atoms with Gasteiger partial charge in [-0.3, -0.25) is 4.79 Å². The number of hydrogen-bond acceptors (Lipinski definition) is 4. The highest BCUT2D eigenvalue weighted by Gasteiger charge is 2.16. The van der Waals surface area contributed by atoms with Crippen molar-refractivity contribution >= 4 is 10.9 Å². The third kappa shape index (κ3) is 8.19. The Labute approximate surface area is 214 Å². The summed E-state index contributed by atoms with van der Waals surface area (Å²) in [6, 6.07) is 15.6. The van der Waals surface area contributed by atoms with Crippen molar-refractivity contribution < 1.29 is 14.2 Å². The smallest absolute Gasteiger partial charge is 0.294 e. The molecule has 0 aliphatic carbocycles. The Morgan fingerprint density at radius 1 is 0.806 bits per heavy atom. The number of aromatic amines is 1. The fraction of sp³-hybridized carbons (Fsp3) is 0.323. The van der Waals surface area contributed by atoms with Gasteiger partial charge in [0.2, 0.25) is 5.75 Å². The summed E-state index contributed by atoms with van der Waals surface area (Å²) in [6.45, 7) is 11.4. The van der Waals surface area contributed by atoms with Crippen molar-refractivity contribution in [2.45, 2.75) is 54.1 Å². The molecular weight excluding hydrogens is 450 g/mol. The van der Waals surface area contributed by atoms with Crippen LogP contribution in [0.4, 0.5) is 0 Å². The van der Waals surface area contributed by atoms with E-state index in [4.69, 9.17) is 14.2 Å². The zero-order valence-corrected chi connectivity index (χ0v) is 22.0. The first-order valence-electron chi connectivity index (χ1n) is 12.4. The van der Waals surface area contributed by atoms with E-state index < -0.39 is 0 Å². The number of aromatic nitrogens is 1. The quantitative estimate of drug-likeness (QED) is 0.268. The van der Waals surface area contributed by atoms with Crippen LogP contribution in [-0.4, -0.2) is 18.2 Å². The zero-order chi connectivity index (χ0) is 25.9. The molecular formula is C31H37NO4. The van der Waals surface area contributed by atoms with Crippen LogP contribution in [0.15, 0.2) is 88.3 Å². The van der Waals surface area contributed by atoms with E-state index in [0.717, 1.165) is 29.4 Å². The fourth-order valence-corrected chi connectivity index (χ4v) is 3.58. The molecule has 3 aromatic rings. The Kier molecular flexibility index (Phi) is 9.99. The van der Waals surface area contributed by atoms with Gasteiger partial charge in [-0.15, -0.1) is 0 Å². The highest BCUT2D eigenvalue weighted by Crippen LogP contribution is 2.33. The number of pyridine rings is 1. The molecule has 0 aliphatic heterocycles. The molecule has 1 heterocycles. The monoisotopic (exact) mass is 487 g/mol. The number of nitrogens with one attached hydrogen (secondary N) is 1. The van der Waals surface area contributed by atoms with Gasteiger partial charge < -0.3 is 19.2 Å². The van der Waals surface area contributed by atoms with Crippen molar-refractivity contribution in [2.24, 2.45) is 0 Å². The molecule has 5 nitrogen and oxygen atoms in total. The van der Waals surface area contributed by atoms with Gasteiger partial charge in [0.1, 0.15) is 25.6 Å². The molecule has 3 rings (SSSR count). The van der Waals surface area contributed by atoms with E-state index >= 15 is 0 Å². The van der Waals surface area contributed by atoms with E-state index in [0.29, 0.717) is 36.8 Å². The lowest BCUT2D eigenvalue weighted by Gasteiger charge is -2.14. The Morgan fingerprint density at radius 2 is 1.50 bits per heavy atom. The predicted molar refractivity (Wildman–Crippen MR) is 148 cm³/mol. The molecule has 5 heteroatoms. The summed E-state index contributed by atoms with van der Waals surface area (Å²) < 4.78 is 18.0. The Morgan fingerprint density at radius 3 is 2.22 bits per heavy atom. The normalized spacial score (nSPS) is 11.2. The minimum Gasteiger partial charge on any atom is -0.489 e. The molecule has 0 amide bonds. The van der Waals surface area contributed by atoms with Crippen LogP contribution in [0.1, 0.15) is 53.0 Å². The molecule has 2 aromatic carbocycles. The standard InChI is InChI=1S/C31H37NO4/c1-22(2)10-9-11-24(5)17-19-35-30-29(34-18-16-23(3)4)27-15-14-26(20-28(27)32-31(30)33)36-21-25-12-7-6-8-13-25/h6-8,10,12-17,20H,9,11,18-19,21H2,1-5H3,(H,32,33)/b24-17+. The van der Waals surface area contributed by atoms with Crippen LogP contribution >= 0.6 is 0 Å². The minimum atomic E-state index is -0.328. The number of ether oxygens (including phenoxy) is 3. The summed E-state index contributed by atoms with van der Waals surface area (Å²) in [5, 5.41) is 0.767. The second kappa shape index (κ2) is 13.4. The van der Waals surface area contributed by atoms with Gasteiger partial charge in [-0.25, -0.2) is 0 Å². The first-order valence-corrected chi connectivity index (χ1v) is 12.4. The molecule has 0 aliphatic rings. The first kappa shape index (κ1) is 26.9. The summed E-state index contributed by atoms with van der Waals surface area (Å²) >= 11 is 0. The highest BCUT2D eigenvalue weighted by molar-refractivity contribution is 5.88. The number of fused-ring (bicyclic) bond motifs is 1. The molecule has 0 spiro atoms. The Balaban J connectivity index is 1.84. The lowest BCUT2D eigenvalue weighted by atomic mass is 10.1. The largest absolute Gasteiger partial charge is 0.489 e. The maximum absolute atomic E-state index is 13.0. The molecule has 190 valence electrons. The van der Waals surface area contributed by atoms with Gasteiger partial charge in [0.25, 0.3) is 5.56 Å². The van der Waals surface area contributed by atoms with Crippen LogP contribution in [0.25, 0.3) is 10.9 Å². The number of H-pyrrole nitrogens is 1. The van der Waals surface area contributed by atoms with Gasteiger partial charge in [0, 0.05) is 11.5 Å². The maximum atomic E-state index is 13.0. The molecule has 0 saturated heterocycles. The molecule has 0 radical (unpaired) electrons. The Bertz CT molecular complexity index is 1290. The molecule has 0 saturated carbocycles. The topological polar surface area (TPSA) is 60.6 Å². The average Bonchev–Trinajstić information content (AvgIpc) is 2.84. The average molecular weight is 488 g/mol. The summed E-state index contributed by atoms with van der Waals surface area (Å²) in [7, 11) is 0. The third-order valence-corrected chi connectivity index (χ3v) is 5.61. The predicted octanol–water partition coefficient (Wildman–Crippen LogP) is 7.52. The van der Waals surface area contributed by atoms with E-state index in [1.54, 1.807) is 0 Å². The zero-order valence-electron chi connectivity index (χ0n) is 22.0. The molecule has 0 bridgehead atoms. The van der Waals surface area contributed by atoms with Crippen LogP contribution in [0.5, 0.6) is 17.2 Å². The second-order valence-electron chi connectivity index (χ2n) is 9.37. The van der Waals surface area contributed by atoms with E-state index in [1.807, 2.05) is 74.5 Å². The van der Waals surface area contributed by atoms with Gasteiger partial charge in [-0.1, -0.05) is 53.1 Å². The molecule has 0 fully saturated rings. The van der Waals surface area contributed by atoms with Crippen LogP contribution in [0.2, 0.25) is 0 Å². The fourth-order valence-electron chi connectivity index (χ4n) is 3.58. The van der Waals surface area contributed by atoms with Gasteiger partial charge in [0.05, 0.1) is 5.52 Å². The molecule has 0 atom stereocenters. The SMILES string of the molecule is CC(C)=CCC/C(C)=C/COc1c(OCC=C(C)C)c2ccc(OCc3ccccc3)cc2[nH]c1=O. The number of hydrogen-bond donors (Lipinski definition) is 1. The third-order valence-electron chi connectivity index (χ3n) is 5.61. The summed E-state index contributed by atoms with van der Waals surface area (Å²) in [5.74, 6) is 1.30. The van der Waals surface area contributed by atoms with Gasteiger partial charge in [-0.2, -0.15) is 0 Å². The van der Waals surface area contributed by atoms with Crippen LogP contribution in [0.3, 0.4) is 0 Å². The molecule has 1 aromatic heterocycles. The number of benzene rings is 2. The summed E-state index contributed by atoms with van der Waals surface area (Å²) in [4.78, 5) is 16.0. The minimum absolute atomic E-state index is 0.191. The van der Waals surface area contributed by atoms with Crippen LogP contribution < -0.4 is 19.8 Å². The van der Waals surface area contributed by atoms with E-state index in [-0.39, 0.29) is 11.3 Å². The van der Waals surface area contributed by atoms with E-state index in [1.165, 1.54) is 11.1 Å². The van der Waals surface area contributed by atoms with Crippen molar-refractivity contribution in [3.05, 3.63) is 99.4 Å².